The van der Waals surface area contributed by atoms with E-state index in [-0.39, 0.29) is 5.91 Å². The summed E-state index contributed by atoms with van der Waals surface area (Å²) in [7, 11) is 1.77. The highest BCUT2D eigenvalue weighted by atomic mass is 35.5. The van der Waals surface area contributed by atoms with Gasteiger partial charge in [-0.3, -0.25) is 4.79 Å². The first-order valence-electron chi connectivity index (χ1n) is 6.82. The molecular formula is C17H18ClNO2. The Balaban J connectivity index is 1.79. The third kappa shape index (κ3) is 4.80. The normalized spacial score (nSPS) is 10.2. The minimum atomic E-state index is 0.0332. The van der Waals surface area contributed by atoms with Gasteiger partial charge in [0.2, 0.25) is 5.91 Å². The maximum absolute atomic E-state index is 12.1. The van der Waals surface area contributed by atoms with Gasteiger partial charge in [0, 0.05) is 18.6 Å². The van der Waals surface area contributed by atoms with Crippen molar-refractivity contribution in [3.05, 3.63) is 65.2 Å². The van der Waals surface area contributed by atoms with Crippen LogP contribution in [0.4, 0.5) is 0 Å². The van der Waals surface area contributed by atoms with Crippen molar-refractivity contribution in [1.82, 2.24) is 4.90 Å². The van der Waals surface area contributed by atoms with Crippen molar-refractivity contribution < 1.29 is 9.53 Å². The number of hydrogen-bond donors (Lipinski definition) is 0. The second-order valence-corrected chi connectivity index (χ2v) is 5.16. The Morgan fingerprint density at radius 3 is 2.48 bits per heavy atom. The number of ether oxygens (including phenoxy) is 1. The monoisotopic (exact) mass is 303 g/mol. The molecule has 0 saturated heterocycles. The highest BCUT2D eigenvalue weighted by molar-refractivity contribution is 6.31. The van der Waals surface area contributed by atoms with Crippen molar-refractivity contribution in [3.63, 3.8) is 0 Å². The minimum Gasteiger partial charge on any atom is -0.493 e. The number of benzene rings is 2. The standard InChI is InChI=1S/C17H18ClNO2/c1-19(13-14-7-5-6-10-16(14)18)17(20)11-12-21-15-8-3-2-4-9-15/h2-10H,11-13H2,1H3. The number of rotatable bonds is 6. The van der Waals surface area contributed by atoms with Crippen molar-refractivity contribution in [2.45, 2.75) is 13.0 Å². The number of halogens is 1. The number of hydrogen-bond acceptors (Lipinski definition) is 2. The smallest absolute Gasteiger partial charge is 0.226 e. The summed E-state index contributed by atoms with van der Waals surface area (Å²) in [6.07, 6.45) is 0.343. The molecule has 3 nitrogen and oxygen atoms in total. The lowest BCUT2D eigenvalue weighted by molar-refractivity contribution is -0.130. The fourth-order valence-corrected chi connectivity index (χ4v) is 2.13. The molecule has 0 atom stereocenters. The molecule has 4 heteroatoms. The maximum atomic E-state index is 12.1. The molecule has 0 aliphatic rings. The molecular weight excluding hydrogens is 286 g/mol. The van der Waals surface area contributed by atoms with Crippen molar-refractivity contribution >= 4 is 17.5 Å². The molecule has 2 rings (SSSR count). The van der Waals surface area contributed by atoms with E-state index in [0.717, 1.165) is 11.3 Å². The lowest BCUT2D eigenvalue weighted by Crippen LogP contribution is -2.27. The van der Waals surface area contributed by atoms with E-state index in [9.17, 15) is 4.79 Å². The van der Waals surface area contributed by atoms with E-state index in [1.807, 2.05) is 54.6 Å². The van der Waals surface area contributed by atoms with Gasteiger partial charge in [-0.15, -0.1) is 0 Å². The van der Waals surface area contributed by atoms with Gasteiger partial charge in [-0.1, -0.05) is 48.0 Å². The van der Waals surface area contributed by atoms with Crippen molar-refractivity contribution in [2.75, 3.05) is 13.7 Å². The van der Waals surface area contributed by atoms with Crippen LogP contribution in [0.3, 0.4) is 0 Å². The van der Waals surface area contributed by atoms with E-state index in [1.165, 1.54) is 0 Å². The highest BCUT2D eigenvalue weighted by Crippen LogP contribution is 2.16. The van der Waals surface area contributed by atoms with Crippen molar-refractivity contribution in [3.8, 4) is 5.75 Å². The topological polar surface area (TPSA) is 29.5 Å². The number of carbonyl (C=O) groups excluding carboxylic acids is 1. The predicted molar refractivity (Wildman–Crippen MR) is 84.5 cm³/mol. The second-order valence-electron chi connectivity index (χ2n) is 4.75. The van der Waals surface area contributed by atoms with E-state index < -0.39 is 0 Å². The van der Waals surface area contributed by atoms with Gasteiger partial charge in [-0.25, -0.2) is 0 Å². The van der Waals surface area contributed by atoms with Gasteiger partial charge in [0.05, 0.1) is 13.0 Å². The number of amides is 1. The van der Waals surface area contributed by atoms with E-state index in [0.29, 0.717) is 24.6 Å². The largest absolute Gasteiger partial charge is 0.493 e. The molecule has 0 spiro atoms. The van der Waals surface area contributed by atoms with Crippen molar-refractivity contribution in [2.24, 2.45) is 0 Å². The van der Waals surface area contributed by atoms with Crippen LogP contribution in [-0.2, 0) is 11.3 Å². The van der Waals surface area contributed by atoms with Gasteiger partial charge >= 0.3 is 0 Å². The Bertz CT molecular complexity index is 586. The summed E-state index contributed by atoms with van der Waals surface area (Å²) < 4.78 is 5.53. The minimum absolute atomic E-state index is 0.0332. The fourth-order valence-electron chi connectivity index (χ4n) is 1.93. The van der Waals surface area contributed by atoms with E-state index in [1.54, 1.807) is 11.9 Å². The molecule has 0 bridgehead atoms. The average Bonchev–Trinajstić information content (AvgIpc) is 2.50. The van der Waals surface area contributed by atoms with Crippen LogP contribution in [0.1, 0.15) is 12.0 Å². The Labute approximate surface area is 130 Å². The van der Waals surface area contributed by atoms with Gasteiger partial charge < -0.3 is 9.64 Å². The van der Waals surface area contributed by atoms with E-state index >= 15 is 0 Å². The molecule has 0 aliphatic carbocycles. The Morgan fingerprint density at radius 2 is 1.76 bits per heavy atom. The second kappa shape index (κ2) is 7.70. The molecule has 1 amide bonds. The third-order valence-corrected chi connectivity index (χ3v) is 3.49. The summed E-state index contributed by atoms with van der Waals surface area (Å²) in [5.41, 5.74) is 0.944. The fraction of sp³-hybridized carbons (Fsp3) is 0.235. The van der Waals surface area contributed by atoms with Crippen LogP contribution < -0.4 is 4.74 Å². The Hall–Kier alpha value is -2.00. The molecule has 0 radical (unpaired) electrons. The summed E-state index contributed by atoms with van der Waals surface area (Å²) in [6, 6.07) is 17.0. The zero-order chi connectivity index (χ0) is 15.1. The third-order valence-electron chi connectivity index (χ3n) is 3.12. The summed E-state index contributed by atoms with van der Waals surface area (Å²) in [6.45, 7) is 0.875. The first-order valence-corrected chi connectivity index (χ1v) is 7.20. The zero-order valence-corrected chi connectivity index (χ0v) is 12.7. The number of nitrogens with zero attached hydrogens (tertiary/aromatic N) is 1. The average molecular weight is 304 g/mol. The Morgan fingerprint density at radius 1 is 1.10 bits per heavy atom. The molecule has 21 heavy (non-hydrogen) atoms. The SMILES string of the molecule is CN(Cc1ccccc1Cl)C(=O)CCOc1ccccc1. The van der Waals surface area contributed by atoms with Gasteiger partial charge in [0.15, 0.2) is 0 Å². The molecule has 0 saturated carbocycles. The number of carbonyl (C=O) groups is 1. The molecule has 2 aromatic carbocycles. The lowest BCUT2D eigenvalue weighted by atomic mass is 10.2. The molecule has 0 N–H and O–H groups in total. The van der Waals surface area contributed by atoms with Gasteiger partial charge in [0.25, 0.3) is 0 Å². The van der Waals surface area contributed by atoms with E-state index in [2.05, 4.69) is 0 Å². The van der Waals surface area contributed by atoms with Crippen LogP contribution in [-0.4, -0.2) is 24.5 Å². The lowest BCUT2D eigenvalue weighted by Gasteiger charge is -2.18. The first-order chi connectivity index (χ1) is 10.2. The summed E-state index contributed by atoms with van der Waals surface area (Å²) in [5, 5.41) is 0.678. The predicted octanol–water partition coefficient (Wildman–Crippen LogP) is 3.77. The molecule has 0 aliphatic heterocycles. The van der Waals surface area contributed by atoms with Crippen LogP contribution in [0.2, 0.25) is 5.02 Å². The van der Waals surface area contributed by atoms with Crippen LogP contribution >= 0.6 is 11.6 Å². The van der Waals surface area contributed by atoms with Gasteiger partial charge in [-0.05, 0) is 23.8 Å². The highest BCUT2D eigenvalue weighted by Gasteiger charge is 2.11. The molecule has 110 valence electrons. The molecule has 0 fully saturated rings. The maximum Gasteiger partial charge on any atom is 0.226 e. The molecule has 2 aromatic rings. The van der Waals surface area contributed by atoms with Gasteiger partial charge in [-0.2, -0.15) is 0 Å². The quantitative estimate of drug-likeness (QED) is 0.813. The molecule has 0 unspecified atom stereocenters. The molecule has 0 aromatic heterocycles. The van der Waals surface area contributed by atoms with Crippen molar-refractivity contribution in [1.29, 1.82) is 0 Å². The summed E-state index contributed by atoms with van der Waals surface area (Å²) in [5.74, 6) is 0.810. The summed E-state index contributed by atoms with van der Waals surface area (Å²) >= 11 is 6.09. The van der Waals surface area contributed by atoms with Gasteiger partial charge in [0.1, 0.15) is 5.75 Å². The summed E-state index contributed by atoms with van der Waals surface area (Å²) in [4.78, 5) is 13.7. The first kappa shape index (κ1) is 15.4. The Kier molecular flexibility index (Phi) is 5.64. The number of para-hydroxylation sites is 1. The molecule has 0 heterocycles. The zero-order valence-electron chi connectivity index (χ0n) is 12.0. The van der Waals surface area contributed by atoms with Crippen LogP contribution in [0.25, 0.3) is 0 Å². The van der Waals surface area contributed by atoms with Crippen LogP contribution in [0.5, 0.6) is 5.75 Å². The van der Waals surface area contributed by atoms with Crippen LogP contribution in [0, 0.1) is 0 Å². The van der Waals surface area contributed by atoms with E-state index in [4.69, 9.17) is 16.3 Å². The van der Waals surface area contributed by atoms with Crippen LogP contribution in [0.15, 0.2) is 54.6 Å².